The normalized spacial score (nSPS) is 27.0. The van der Waals surface area contributed by atoms with Gasteiger partial charge in [-0.2, -0.15) is 4.98 Å². The van der Waals surface area contributed by atoms with Crippen LogP contribution in [0.4, 0.5) is 6.01 Å². The monoisotopic (exact) mass is 212 g/mol. The Kier molecular flexibility index (Phi) is 2.67. The lowest BCUT2D eigenvalue weighted by atomic mass is 9.96. The van der Waals surface area contributed by atoms with E-state index >= 15 is 0 Å². The molecule has 0 saturated carbocycles. The summed E-state index contributed by atoms with van der Waals surface area (Å²) < 4.78 is 5.23. The molecule has 0 amide bonds. The van der Waals surface area contributed by atoms with Gasteiger partial charge in [0.15, 0.2) is 0 Å². The van der Waals surface area contributed by atoms with E-state index < -0.39 is 5.60 Å². The Bertz CT molecular complexity index is 335. The highest BCUT2D eigenvalue weighted by atomic mass is 16.4. The molecular weight excluding hydrogens is 196 g/mol. The van der Waals surface area contributed by atoms with Crippen molar-refractivity contribution in [2.75, 3.05) is 18.0 Å². The molecule has 1 aromatic rings. The van der Waals surface area contributed by atoms with Gasteiger partial charge in [-0.25, -0.2) is 0 Å². The minimum atomic E-state index is -0.675. The zero-order valence-electron chi connectivity index (χ0n) is 8.81. The zero-order chi connectivity index (χ0) is 10.9. The third-order valence-electron chi connectivity index (χ3n) is 2.65. The molecule has 1 saturated heterocycles. The average Bonchev–Trinajstić information content (AvgIpc) is 2.64. The van der Waals surface area contributed by atoms with E-state index in [1.54, 1.807) is 0 Å². The first kappa shape index (κ1) is 10.4. The second kappa shape index (κ2) is 3.83. The minimum absolute atomic E-state index is 0.117. The van der Waals surface area contributed by atoms with Crippen LogP contribution in [0.2, 0.25) is 0 Å². The van der Waals surface area contributed by atoms with Crippen LogP contribution >= 0.6 is 0 Å². The molecule has 0 aromatic carbocycles. The van der Waals surface area contributed by atoms with Gasteiger partial charge < -0.3 is 19.5 Å². The molecule has 2 N–H and O–H groups in total. The van der Waals surface area contributed by atoms with E-state index in [2.05, 4.69) is 4.98 Å². The standard InChI is InChI=1S/C10H16N2O3/c1-10(14)3-2-4-12(7-10)9-11-8(5-13)6-15-9/h6,13-14H,2-5,7H2,1H3. The predicted molar refractivity (Wildman–Crippen MR) is 54.5 cm³/mol. The van der Waals surface area contributed by atoms with Crippen LogP contribution < -0.4 is 4.90 Å². The molecule has 0 bridgehead atoms. The summed E-state index contributed by atoms with van der Waals surface area (Å²) in [5.41, 5.74) is -0.151. The molecule has 2 heterocycles. The number of piperidine rings is 1. The van der Waals surface area contributed by atoms with Gasteiger partial charge in [-0.1, -0.05) is 0 Å². The maximum Gasteiger partial charge on any atom is 0.297 e. The summed E-state index contributed by atoms with van der Waals surface area (Å²) in [5, 5.41) is 18.8. The number of rotatable bonds is 2. The molecule has 15 heavy (non-hydrogen) atoms. The number of hydrogen-bond acceptors (Lipinski definition) is 5. The summed E-state index contributed by atoms with van der Waals surface area (Å²) in [6.45, 7) is 3.06. The molecule has 1 unspecified atom stereocenters. The van der Waals surface area contributed by atoms with Crippen molar-refractivity contribution in [2.24, 2.45) is 0 Å². The molecule has 5 nitrogen and oxygen atoms in total. The van der Waals surface area contributed by atoms with Gasteiger partial charge in [0.25, 0.3) is 6.01 Å². The number of aromatic nitrogens is 1. The molecule has 2 rings (SSSR count). The van der Waals surface area contributed by atoms with Crippen LogP contribution in [0.25, 0.3) is 0 Å². The van der Waals surface area contributed by atoms with Crippen LogP contribution in [-0.2, 0) is 6.61 Å². The van der Waals surface area contributed by atoms with Crippen LogP contribution in [0.15, 0.2) is 10.7 Å². The molecule has 0 radical (unpaired) electrons. The van der Waals surface area contributed by atoms with Crippen LogP contribution in [-0.4, -0.2) is 33.9 Å². The maximum atomic E-state index is 9.91. The summed E-state index contributed by atoms with van der Waals surface area (Å²) in [5.74, 6) is 0. The maximum absolute atomic E-state index is 9.91. The molecule has 1 atom stereocenters. The summed E-state index contributed by atoms with van der Waals surface area (Å²) in [6.07, 6.45) is 3.17. The van der Waals surface area contributed by atoms with Crippen molar-refractivity contribution >= 4 is 6.01 Å². The lowest BCUT2D eigenvalue weighted by Gasteiger charge is -2.35. The Morgan fingerprint density at radius 3 is 3.07 bits per heavy atom. The van der Waals surface area contributed by atoms with E-state index in [0.29, 0.717) is 18.3 Å². The van der Waals surface area contributed by atoms with Gasteiger partial charge in [-0.3, -0.25) is 0 Å². The topological polar surface area (TPSA) is 69.7 Å². The van der Waals surface area contributed by atoms with E-state index in [1.165, 1.54) is 6.26 Å². The molecule has 0 aliphatic carbocycles. The Hall–Kier alpha value is -1.07. The molecule has 1 aliphatic heterocycles. The van der Waals surface area contributed by atoms with Crippen LogP contribution in [0.3, 0.4) is 0 Å². The van der Waals surface area contributed by atoms with Crippen molar-refractivity contribution < 1.29 is 14.6 Å². The smallest absolute Gasteiger partial charge is 0.297 e. The van der Waals surface area contributed by atoms with Gasteiger partial charge >= 0.3 is 0 Å². The molecule has 1 fully saturated rings. The quantitative estimate of drug-likeness (QED) is 0.747. The predicted octanol–water partition coefficient (Wildman–Crippen LogP) is 0.518. The van der Waals surface area contributed by atoms with Gasteiger partial charge in [0, 0.05) is 6.54 Å². The molecule has 0 spiro atoms. The summed E-state index contributed by atoms with van der Waals surface area (Å²) in [4.78, 5) is 6.02. The highest BCUT2D eigenvalue weighted by Crippen LogP contribution is 2.24. The molecule has 1 aromatic heterocycles. The minimum Gasteiger partial charge on any atom is -0.432 e. The second-order valence-electron chi connectivity index (χ2n) is 4.30. The van der Waals surface area contributed by atoms with Crippen LogP contribution in [0, 0.1) is 0 Å². The van der Waals surface area contributed by atoms with Gasteiger partial charge in [0.05, 0.1) is 18.8 Å². The Balaban J connectivity index is 2.10. The first-order valence-corrected chi connectivity index (χ1v) is 5.13. The fraction of sp³-hybridized carbons (Fsp3) is 0.700. The molecule has 84 valence electrons. The second-order valence-corrected chi connectivity index (χ2v) is 4.30. The number of aliphatic hydroxyl groups excluding tert-OH is 1. The number of hydrogen-bond donors (Lipinski definition) is 2. The first-order valence-electron chi connectivity index (χ1n) is 5.13. The fourth-order valence-corrected chi connectivity index (χ4v) is 1.90. The van der Waals surface area contributed by atoms with Gasteiger partial charge in [0.1, 0.15) is 12.0 Å². The van der Waals surface area contributed by atoms with E-state index in [9.17, 15) is 5.11 Å². The number of β-amino-alcohol motifs (C(OH)–C–C–N with tert-alkyl or cyclic N) is 1. The SMILES string of the molecule is CC1(O)CCCN(c2nc(CO)co2)C1. The number of oxazole rings is 1. The first-order chi connectivity index (χ1) is 7.11. The Morgan fingerprint density at radius 2 is 2.47 bits per heavy atom. The highest BCUT2D eigenvalue weighted by Gasteiger charge is 2.30. The van der Waals surface area contributed by atoms with Crippen molar-refractivity contribution in [3.8, 4) is 0 Å². The highest BCUT2D eigenvalue weighted by molar-refractivity contribution is 5.28. The lowest BCUT2D eigenvalue weighted by Crippen LogP contribution is -2.46. The van der Waals surface area contributed by atoms with Crippen molar-refractivity contribution in [3.63, 3.8) is 0 Å². The number of nitrogens with zero attached hydrogens (tertiary/aromatic N) is 2. The molecule has 5 heteroatoms. The van der Waals surface area contributed by atoms with Crippen molar-refractivity contribution in [3.05, 3.63) is 12.0 Å². The summed E-state index contributed by atoms with van der Waals surface area (Å²) in [7, 11) is 0. The fourth-order valence-electron chi connectivity index (χ4n) is 1.90. The van der Waals surface area contributed by atoms with Crippen LogP contribution in [0.5, 0.6) is 0 Å². The molecular formula is C10H16N2O3. The third kappa shape index (κ3) is 2.30. The largest absolute Gasteiger partial charge is 0.432 e. The summed E-state index contributed by atoms with van der Waals surface area (Å²) >= 11 is 0. The Labute approximate surface area is 88.3 Å². The zero-order valence-corrected chi connectivity index (χ0v) is 8.81. The van der Waals surface area contributed by atoms with Crippen LogP contribution in [0.1, 0.15) is 25.5 Å². The van der Waals surface area contributed by atoms with E-state index in [-0.39, 0.29) is 6.61 Å². The van der Waals surface area contributed by atoms with Gasteiger partial charge in [-0.15, -0.1) is 0 Å². The lowest BCUT2D eigenvalue weighted by molar-refractivity contribution is 0.0435. The van der Waals surface area contributed by atoms with Crippen molar-refractivity contribution in [1.82, 2.24) is 4.98 Å². The van der Waals surface area contributed by atoms with Gasteiger partial charge in [-0.05, 0) is 19.8 Å². The average molecular weight is 212 g/mol. The van der Waals surface area contributed by atoms with E-state index in [0.717, 1.165) is 19.4 Å². The Morgan fingerprint density at radius 1 is 1.67 bits per heavy atom. The van der Waals surface area contributed by atoms with Crippen molar-refractivity contribution in [2.45, 2.75) is 32.0 Å². The van der Waals surface area contributed by atoms with Gasteiger partial charge in [0.2, 0.25) is 0 Å². The third-order valence-corrected chi connectivity index (χ3v) is 2.65. The van der Waals surface area contributed by atoms with E-state index in [4.69, 9.17) is 9.52 Å². The van der Waals surface area contributed by atoms with E-state index in [1.807, 2.05) is 11.8 Å². The summed E-state index contributed by atoms with van der Waals surface area (Å²) in [6, 6.07) is 0.485. The number of anilines is 1. The van der Waals surface area contributed by atoms with Crippen molar-refractivity contribution in [1.29, 1.82) is 0 Å². The number of aliphatic hydroxyl groups is 2. The molecule has 1 aliphatic rings.